The van der Waals surface area contributed by atoms with Crippen molar-refractivity contribution in [3.05, 3.63) is 0 Å². The van der Waals surface area contributed by atoms with Gasteiger partial charge in [-0.15, -0.1) is 0 Å². The Bertz CT molecular complexity index is 376. The van der Waals surface area contributed by atoms with Crippen LogP contribution in [0.3, 0.4) is 0 Å². The third-order valence-corrected chi connectivity index (χ3v) is 6.25. The second kappa shape index (κ2) is 7.70. The van der Waals surface area contributed by atoms with E-state index in [0.717, 1.165) is 32.1 Å². The summed E-state index contributed by atoms with van der Waals surface area (Å²) in [7, 11) is -3.36. The fourth-order valence-electron chi connectivity index (χ4n) is 3.03. The Morgan fingerprint density at radius 1 is 1.15 bits per heavy atom. The van der Waals surface area contributed by atoms with Gasteiger partial charge in [-0.3, -0.25) is 0 Å². The molecule has 7 heteroatoms. The summed E-state index contributed by atoms with van der Waals surface area (Å²) < 4.78 is 34.2. The van der Waals surface area contributed by atoms with Gasteiger partial charge < -0.3 is 10.5 Å². The lowest BCUT2D eigenvalue weighted by atomic mass is 9.95. The van der Waals surface area contributed by atoms with E-state index in [9.17, 15) is 8.42 Å². The highest BCUT2D eigenvalue weighted by Crippen LogP contribution is 2.26. The largest absolute Gasteiger partial charge is 0.379 e. The van der Waals surface area contributed by atoms with E-state index < -0.39 is 10.2 Å². The summed E-state index contributed by atoms with van der Waals surface area (Å²) in [6.07, 6.45) is 6.16. The number of nitrogens with zero attached hydrogens (tertiary/aromatic N) is 2. The molecule has 0 radical (unpaired) electrons. The summed E-state index contributed by atoms with van der Waals surface area (Å²) in [6.45, 7) is 2.99. The van der Waals surface area contributed by atoms with Crippen LogP contribution >= 0.6 is 0 Å². The predicted octanol–water partition coefficient (Wildman–Crippen LogP) is 0.547. The number of morpholine rings is 1. The summed E-state index contributed by atoms with van der Waals surface area (Å²) >= 11 is 0. The Morgan fingerprint density at radius 2 is 1.80 bits per heavy atom. The third kappa shape index (κ3) is 3.92. The molecule has 2 aliphatic rings. The molecule has 0 aromatic heterocycles. The number of nitrogens with two attached hydrogens (primary N) is 1. The molecule has 2 N–H and O–H groups in total. The van der Waals surface area contributed by atoms with E-state index in [4.69, 9.17) is 10.5 Å². The first-order chi connectivity index (χ1) is 9.66. The topological polar surface area (TPSA) is 75.9 Å². The van der Waals surface area contributed by atoms with Crippen LogP contribution in [0.15, 0.2) is 0 Å². The molecular formula is C13H27N3O3S. The molecule has 1 heterocycles. The fraction of sp³-hybridized carbons (Fsp3) is 1.00. The zero-order valence-electron chi connectivity index (χ0n) is 12.2. The van der Waals surface area contributed by atoms with Crippen molar-refractivity contribution in [2.45, 2.75) is 44.6 Å². The molecule has 1 saturated heterocycles. The summed E-state index contributed by atoms with van der Waals surface area (Å²) in [4.78, 5) is 0. The van der Waals surface area contributed by atoms with E-state index in [2.05, 4.69) is 0 Å². The van der Waals surface area contributed by atoms with Gasteiger partial charge in [0, 0.05) is 25.7 Å². The monoisotopic (exact) mass is 305 g/mol. The van der Waals surface area contributed by atoms with Crippen LogP contribution in [0.4, 0.5) is 0 Å². The lowest BCUT2D eigenvalue weighted by Crippen LogP contribution is -2.52. The van der Waals surface area contributed by atoms with Crippen LogP contribution in [0.1, 0.15) is 38.5 Å². The molecule has 0 aromatic rings. The van der Waals surface area contributed by atoms with Crippen molar-refractivity contribution < 1.29 is 13.2 Å². The number of ether oxygens (including phenoxy) is 1. The molecule has 118 valence electrons. The van der Waals surface area contributed by atoms with Gasteiger partial charge in [-0.05, 0) is 25.8 Å². The van der Waals surface area contributed by atoms with Gasteiger partial charge in [-0.2, -0.15) is 17.0 Å². The minimum absolute atomic E-state index is 0.156. The van der Waals surface area contributed by atoms with Crippen molar-refractivity contribution >= 4 is 10.2 Å². The third-order valence-electron chi connectivity index (χ3n) is 4.16. The van der Waals surface area contributed by atoms with E-state index in [-0.39, 0.29) is 6.04 Å². The van der Waals surface area contributed by atoms with E-state index in [1.165, 1.54) is 6.42 Å². The Morgan fingerprint density at radius 3 is 2.40 bits per heavy atom. The highest BCUT2D eigenvalue weighted by molar-refractivity contribution is 7.86. The van der Waals surface area contributed by atoms with Gasteiger partial charge in [0.05, 0.1) is 13.2 Å². The predicted molar refractivity (Wildman–Crippen MR) is 78.6 cm³/mol. The first kappa shape index (κ1) is 16.2. The summed E-state index contributed by atoms with van der Waals surface area (Å²) in [5.41, 5.74) is 5.57. The van der Waals surface area contributed by atoms with Crippen LogP contribution in [0, 0.1) is 0 Å². The summed E-state index contributed by atoms with van der Waals surface area (Å²) in [5.74, 6) is 0. The van der Waals surface area contributed by atoms with Crippen LogP contribution in [-0.2, 0) is 14.9 Å². The number of hydrogen-bond acceptors (Lipinski definition) is 4. The molecule has 0 atom stereocenters. The smallest absolute Gasteiger partial charge is 0.282 e. The molecule has 1 aliphatic carbocycles. The molecule has 0 amide bonds. The molecule has 1 saturated carbocycles. The van der Waals surface area contributed by atoms with Crippen molar-refractivity contribution in [1.82, 2.24) is 8.61 Å². The number of hydrogen-bond donors (Lipinski definition) is 1. The fourth-order valence-corrected chi connectivity index (χ4v) is 4.88. The number of rotatable bonds is 6. The van der Waals surface area contributed by atoms with Crippen LogP contribution < -0.4 is 5.73 Å². The van der Waals surface area contributed by atoms with Crippen LogP contribution in [0.5, 0.6) is 0 Å². The quantitative estimate of drug-likeness (QED) is 0.777. The molecule has 0 aromatic carbocycles. The second-order valence-corrected chi connectivity index (χ2v) is 7.45. The maximum Gasteiger partial charge on any atom is 0.282 e. The normalized spacial score (nSPS) is 23.3. The van der Waals surface area contributed by atoms with Crippen molar-refractivity contribution in [1.29, 1.82) is 0 Å². The Kier molecular flexibility index (Phi) is 6.22. The van der Waals surface area contributed by atoms with Crippen LogP contribution in [-0.4, -0.2) is 62.5 Å². The first-order valence-electron chi connectivity index (χ1n) is 7.71. The van der Waals surface area contributed by atoms with Gasteiger partial charge in [0.25, 0.3) is 10.2 Å². The molecule has 0 unspecified atom stereocenters. The van der Waals surface area contributed by atoms with Crippen molar-refractivity contribution in [2.75, 3.05) is 39.4 Å². The Hall–Kier alpha value is -0.210. The molecule has 2 rings (SSSR count). The van der Waals surface area contributed by atoms with E-state index >= 15 is 0 Å². The lowest BCUT2D eigenvalue weighted by molar-refractivity contribution is 0.0685. The van der Waals surface area contributed by atoms with Gasteiger partial charge >= 0.3 is 0 Å². The standard InChI is InChI=1S/C13H27N3O3S/c14-7-4-8-16(13-5-2-1-3-6-13)20(17,18)15-9-11-19-12-10-15/h13H,1-12,14H2. The van der Waals surface area contributed by atoms with Crippen molar-refractivity contribution in [3.8, 4) is 0 Å². The minimum atomic E-state index is -3.36. The van der Waals surface area contributed by atoms with Gasteiger partial charge in [-0.25, -0.2) is 0 Å². The average molecular weight is 305 g/mol. The maximum absolute atomic E-state index is 12.8. The summed E-state index contributed by atoms with van der Waals surface area (Å²) in [6, 6.07) is 0.156. The van der Waals surface area contributed by atoms with E-state index in [1.54, 1.807) is 8.61 Å². The SMILES string of the molecule is NCCCN(C1CCCCC1)S(=O)(=O)N1CCOCC1. The highest BCUT2D eigenvalue weighted by atomic mass is 32.2. The zero-order chi connectivity index (χ0) is 14.4. The highest BCUT2D eigenvalue weighted by Gasteiger charge is 2.35. The Balaban J connectivity index is 2.10. The van der Waals surface area contributed by atoms with Gasteiger partial charge in [0.1, 0.15) is 0 Å². The maximum atomic E-state index is 12.8. The van der Waals surface area contributed by atoms with Crippen LogP contribution in [0.2, 0.25) is 0 Å². The molecular weight excluding hydrogens is 278 g/mol. The minimum Gasteiger partial charge on any atom is -0.379 e. The van der Waals surface area contributed by atoms with Gasteiger partial charge in [0.15, 0.2) is 0 Å². The molecule has 0 bridgehead atoms. The Labute approximate surface area is 122 Å². The molecule has 6 nitrogen and oxygen atoms in total. The lowest BCUT2D eigenvalue weighted by Gasteiger charge is -2.38. The van der Waals surface area contributed by atoms with E-state index in [0.29, 0.717) is 39.4 Å². The van der Waals surface area contributed by atoms with Gasteiger partial charge in [0.2, 0.25) is 0 Å². The van der Waals surface area contributed by atoms with Crippen molar-refractivity contribution in [3.63, 3.8) is 0 Å². The summed E-state index contributed by atoms with van der Waals surface area (Å²) in [5, 5.41) is 0. The first-order valence-corrected chi connectivity index (χ1v) is 9.10. The van der Waals surface area contributed by atoms with Gasteiger partial charge in [-0.1, -0.05) is 19.3 Å². The zero-order valence-corrected chi connectivity index (χ0v) is 13.0. The van der Waals surface area contributed by atoms with E-state index in [1.807, 2.05) is 0 Å². The molecule has 0 spiro atoms. The second-order valence-electron chi connectivity index (χ2n) is 5.56. The molecule has 20 heavy (non-hydrogen) atoms. The van der Waals surface area contributed by atoms with Crippen LogP contribution in [0.25, 0.3) is 0 Å². The molecule has 2 fully saturated rings. The average Bonchev–Trinajstić information content (AvgIpc) is 2.49. The molecule has 1 aliphatic heterocycles. The van der Waals surface area contributed by atoms with Crippen molar-refractivity contribution in [2.24, 2.45) is 5.73 Å².